The number of nitrogens with zero attached hydrogens (tertiary/aromatic N) is 2. The van der Waals surface area contributed by atoms with Gasteiger partial charge in [0.15, 0.2) is 0 Å². The molecule has 1 rings (SSSR count). The van der Waals surface area contributed by atoms with Gasteiger partial charge in [0.05, 0.1) is 0 Å². The normalized spacial score (nSPS) is 10.5. The van der Waals surface area contributed by atoms with Crippen LogP contribution in [-0.4, -0.2) is 27.9 Å². The lowest BCUT2D eigenvalue weighted by Crippen LogP contribution is -2.23. The molecule has 0 saturated heterocycles. The van der Waals surface area contributed by atoms with Gasteiger partial charge in [0.2, 0.25) is 11.8 Å². The molecule has 1 aromatic heterocycles. The van der Waals surface area contributed by atoms with Gasteiger partial charge in [0, 0.05) is 18.9 Å². The minimum absolute atomic E-state index is 0.198. The van der Waals surface area contributed by atoms with E-state index in [1.807, 2.05) is 13.8 Å². The summed E-state index contributed by atoms with van der Waals surface area (Å²) in [5.41, 5.74) is 0. The predicted octanol–water partition coefficient (Wildman–Crippen LogP) is 1.00. The van der Waals surface area contributed by atoms with Crippen molar-refractivity contribution in [2.45, 2.75) is 26.2 Å². The summed E-state index contributed by atoms with van der Waals surface area (Å²) < 4.78 is 5.27. The summed E-state index contributed by atoms with van der Waals surface area (Å²) in [6.07, 6.45) is -0.625. The van der Waals surface area contributed by atoms with E-state index < -0.39 is 6.09 Å². The molecular weight excluding hydrogens is 186 g/mol. The Morgan fingerprint density at radius 2 is 2.29 bits per heavy atom. The zero-order chi connectivity index (χ0) is 10.6. The molecule has 0 aliphatic carbocycles. The zero-order valence-corrected chi connectivity index (χ0v) is 8.15. The second-order valence-electron chi connectivity index (χ2n) is 3.17. The number of carbonyl (C=O) groups is 1. The number of rotatable bonds is 4. The van der Waals surface area contributed by atoms with E-state index in [-0.39, 0.29) is 12.5 Å². The standard InChI is InChI=1S/C8H13N3O3/c1-5(2)7-11-10-6(14-7)3-4-9-8(12)13/h5,9H,3-4H2,1-2H3,(H,12,13). The molecular formula is C8H13N3O3. The van der Waals surface area contributed by atoms with Crippen molar-refractivity contribution >= 4 is 6.09 Å². The number of nitrogens with one attached hydrogen (secondary N) is 1. The van der Waals surface area contributed by atoms with Gasteiger partial charge in [-0.3, -0.25) is 0 Å². The SMILES string of the molecule is CC(C)c1nnc(CCNC(=O)O)o1. The summed E-state index contributed by atoms with van der Waals surface area (Å²) in [5.74, 6) is 1.24. The Morgan fingerprint density at radius 1 is 1.57 bits per heavy atom. The van der Waals surface area contributed by atoms with E-state index >= 15 is 0 Å². The minimum atomic E-state index is -1.05. The van der Waals surface area contributed by atoms with E-state index in [1.165, 1.54) is 0 Å². The molecule has 2 N–H and O–H groups in total. The highest BCUT2D eigenvalue weighted by atomic mass is 16.4. The molecule has 0 aliphatic rings. The zero-order valence-electron chi connectivity index (χ0n) is 8.15. The molecule has 14 heavy (non-hydrogen) atoms. The van der Waals surface area contributed by atoms with Crippen molar-refractivity contribution in [1.29, 1.82) is 0 Å². The van der Waals surface area contributed by atoms with E-state index in [0.29, 0.717) is 18.2 Å². The first-order valence-corrected chi connectivity index (χ1v) is 4.38. The fraction of sp³-hybridized carbons (Fsp3) is 0.625. The van der Waals surface area contributed by atoms with Gasteiger partial charge >= 0.3 is 6.09 Å². The third-order valence-corrected chi connectivity index (χ3v) is 1.59. The van der Waals surface area contributed by atoms with Gasteiger partial charge in [0.1, 0.15) is 0 Å². The average Bonchev–Trinajstić information content (AvgIpc) is 2.52. The molecule has 0 fully saturated rings. The molecule has 1 aromatic rings. The highest BCUT2D eigenvalue weighted by Crippen LogP contribution is 2.11. The predicted molar refractivity (Wildman–Crippen MR) is 48.1 cm³/mol. The molecule has 0 bridgehead atoms. The highest BCUT2D eigenvalue weighted by molar-refractivity contribution is 5.64. The Kier molecular flexibility index (Phi) is 3.44. The third kappa shape index (κ3) is 3.04. The van der Waals surface area contributed by atoms with Crippen molar-refractivity contribution in [1.82, 2.24) is 15.5 Å². The first-order valence-electron chi connectivity index (χ1n) is 4.38. The maximum atomic E-state index is 10.1. The van der Waals surface area contributed by atoms with Crippen LogP contribution in [0.5, 0.6) is 0 Å². The first-order chi connectivity index (χ1) is 6.59. The van der Waals surface area contributed by atoms with Gasteiger partial charge < -0.3 is 14.8 Å². The van der Waals surface area contributed by atoms with Gasteiger partial charge in [-0.05, 0) is 0 Å². The minimum Gasteiger partial charge on any atom is -0.465 e. The van der Waals surface area contributed by atoms with Crippen LogP contribution in [0.15, 0.2) is 4.42 Å². The lowest BCUT2D eigenvalue weighted by atomic mass is 10.2. The van der Waals surface area contributed by atoms with Gasteiger partial charge in [-0.15, -0.1) is 10.2 Å². The molecule has 0 aromatic carbocycles. The van der Waals surface area contributed by atoms with Crippen LogP contribution in [0.2, 0.25) is 0 Å². The Balaban J connectivity index is 2.40. The molecule has 0 saturated carbocycles. The quantitative estimate of drug-likeness (QED) is 0.755. The van der Waals surface area contributed by atoms with Crippen LogP contribution in [-0.2, 0) is 6.42 Å². The molecule has 6 heteroatoms. The van der Waals surface area contributed by atoms with Crippen molar-refractivity contribution in [2.75, 3.05) is 6.54 Å². The fourth-order valence-electron chi connectivity index (χ4n) is 0.877. The summed E-state index contributed by atoms with van der Waals surface area (Å²) in [6, 6.07) is 0. The van der Waals surface area contributed by atoms with Gasteiger partial charge in [-0.1, -0.05) is 13.8 Å². The van der Waals surface area contributed by atoms with E-state index in [1.54, 1.807) is 0 Å². The van der Waals surface area contributed by atoms with Crippen LogP contribution in [0.1, 0.15) is 31.5 Å². The Morgan fingerprint density at radius 3 is 2.79 bits per heavy atom. The smallest absolute Gasteiger partial charge is 0.404 e. The van der Waals surface area contributed by atoms with Crippen LogP contribution in [0.4, 0.5) is 4.79 Å². The van der Waals surface area contributed by atoms with E-state index in [4.69, 9.17) is 9.52 Å². The molecule has 0 atom stereocenters. The molecule has 1 amide bonds. The maximum absolute atomic E-state index is 10.1. The number of aromatic nitrogens is 2. The summed E-state index contributed by atoms with van der Waals surface area (Å²) >= 11 is 0. The highest BCUT2D eigenvalue weighted by Gasteiger charge is 2.09. The van der Waals surface area contributed by atoms with E-state index in [2.05, 4.69) is 15.5 Å². The monoisotopic (exact) mass is 199 g/mol. The lowest BCUT2D eigenvalue weighted by Gasteiger charge is -1.96. The molecule has 78 valence electrons. The van der Waals surface area contributed by atoms with Crippen molar-refractivity contribution in [2.24, 2.45) is 0 Å². The van der Waals surface area contributed by atoms with Crippen molar-refractivity contribution in [3.63, 3.8) is 0 Å². The summed E-state index contributed by atoms with van der Waals surface area (Å²) in [4.78, 5) is 10.1. The maximum Gasteiger partial charge on any atom is 0.404 e. The Hall–Kier alpha value is -1.59. The Labute approximate surface area is 81.3 Å². The molecule has 0 aliphatic heterocycles. The van der Waals surface area contributed by atoms with Crippen molar-refractivity contribution < 1.29 is 14.3 Å². The largest absolute Gasteiger partial charge is 0.465 e. The van der Waals surface area contributed by atoms with Crippen molar-refractivity contribution in [3.05, 3.63) is 11.8 Å². The average molecular weight is 199 g/mol. The molecule has 1 heterocycles. The lowest BCUT2D eigenvalue weighted by molar-refractivity contribution is 0.194. The Bertz CT molecular complexity index is 309. The summed E-state index contributed by atoms with van der Waals surface area (Å²) in [6.45, 7) is 4.19. The van der Waals surface area contributed by atoms with Gasteiger partial charge in [-0.2, -0.15) is 0 Å². The second kappa shape index (κ2) is 4.59. The topological polar surface area (TPSA) is 88.2 Å². The summed E-state index contributed by atoms with van der Waals surface area (Å²) in [7, 11) is 0. The number of hydrogen-bond donors (Lipinski definition) is 2. The van der Waals surface area contributed by atoms with Crippen LogP contribution in [0, 0.1) is 0 Å². The van der Waals surface area contributed by atoms with Gasteiger partial charge in [-0.25, -0.2) is 4.79 Å². The molecule has 0 spiro atoms. The number of carboxylic acid groups (broad SMARTS) is 1. The molecule has 6 nitrogen and oxygen atoms in total. The van der Waals surface area contributed by atoms with E-state index in [0.717, 1.165) is 0 Å². The molecule has 0 radical (unpaired) electrons. The number of amides is 1. The van der Waals surface area contributed by atoms with Crippen molar-refractivity contribution in [3.8, 4) is 0 Å². The number of hydrogen-bond acceptors (Lipinski definition) is 4. The second-order valence-corrected chi connectivity index (χ2v) is 3.17. The van der Waals surface area contributed by atoms with E-state index in [9.17, 15) is 4.79 Å². The van der Waals surface area contributed by atoms with Crippen LogP contribution in [0.25, 0.3) is 0 Å². The summed E-state index contributed by atoms with van der Waals surface area (Å²) in [5, 5.41) is 18.1. The van der Waals surface area contributed by atoms with Gasteiger partial charge in [0.25, 0.3) is 0 Å². The first kappa shape index (κ1) is 10.5. The molecule has 0 unspecified atom stereocenters. The fourth-order valence-corrected chi connectivity index (χ4v) is 0.877. The third-order valence-electron chi connectivity index (χ3n) is 1.59. The van der Waals surface area contributed by atoms with Crippen LogP contribution < -0.4 is 5.32 Å². The van der Waals surface area contributed by atoms with Crippen LogP contribution >= 0.6 is 0 Å². The van der Waals surface area contributed by atoms with Crippen LogP contribution in [0.3, 0.4) is 0 Å².